The molecule has 1 aliphatic carbocycles. The smallest absolute Gasteiger partial charge is 0.0638 e. The number of nitrogens with zero attached hydrogens (tertiary/aromatic N) is 2. The monoisotopic (exact) mass is 592 g/mol. The number of anilines is 5. The highest BCUT2D eigenvalue weighted by Gasteiger charge is 2.32. The molecule has 7 aromatic carbocycles. The van der Waals surface area contributed by atoms with Gasteiger partial charge in [-0.2, -0.15) is 0 Å². The summed E-state index contributed by atoms with van der Waals surface area (Å²) in [4.78, 5) is 4.95. The second-order valence-electron chi connectivity index (χ2n) is 12.3. The predicted molar refractivity (Wildman–Crippen MR) is 195 cm³/mol. The lowest BCUT2D eigenvalue weighted by atomic mass is 9.79. The van der Waals surface area contributed by atoms with E-state index in [1.54, 1.807) is 0 Å². The molecule has 0 aromatic heterocycles. The van der Waals surface area contributed by atoms with Crippen molar-refractivity contribution in [1.82, 2.24) is 0 Å². The van der Waals surface area contributed by atoms with Crippen LogP contribution in [-0.2, 0) is 6.42 Å². The largest absolute Gasteiger partial charge is 0.334 e. The average molecular weight is 593 g/mol. The molecule has 222 valence electrons. The molecule has 1 atom stereocenters. The Kier molecular flexibility index (Phi) is 7.11. The summed E-state index contributed by atoms with van der Waals surface area (Å²) in [6, 6.07) is 60.0. The Hall–Kier alpha value is -5.60. The Labute approximate surface area is 271 Å². The van der Waals surface area contributed by atoms with E-state index in [1.807, 2.05) is 0 Å². The summed E-state index contributed by atoms with van der Waals surface area (Å²) < 4.78 is 0. The third-order valence-corrected chi connectivity index (χ3v) is 9.35. The Bertz CT molecular complexity index is 2130. The lowest BCUT2D eigenvalue weighted by Gasteiger charge is -2.39. The van der Waals surface area contributed by atoms with Crippen molar-refractivity contribution in [2.75, 3.05) is 9.80 Å². The molecule has 0 N–H and O–H groups in total. The van der Waals surface area contributed by atoms with Crippen LogP contribution >= 0.6 is 0 Å². The minimum atomic E-state index is 0.130. The Morgan fingerprint density at radius 2 is 0.957 bits per heavy atom. The normalized spacial score (nSPS) is 13.6. The van der Waals surface area contributed by atoms with Gasteiger partial charge in [-0.25, -0.2) is 0 Å². The lowest BCUT2D eigenvalue weighted by molar-refractivity contribution is 0.688. The van der Waals surface area contributed by atoms with Gasteiger partial charge in [0.25, 0.3) is 0 Å². The summed E-state index contributed by atoms with van der Waals surface area (Å²) in [5.74, 6) is 0. The molecule has 0 saturated heterocycles. The van der Waals surface area contributed by atoms with Crippen molar-refractivity contribution in [2.24, 2.45) is 0 Å². The highest BCUT2D eigenvalue weighted by Crippen LogP contribution is 2.50. The average Bonchev–Trinajstić information content (AvgIpc) is 3.11. The predicted octanol–water partition coefficient (Wildman–Crippen LogP) is 12.0. The van der Waals surface area contributed by atoms with Crippen molar-refractivity contribution in [1.29, 1.82) is 0 Å². The van der Waals surface area contributed by atoms with Gasteiger partial charge in [-0.3, -0.25) is 0 Å². The number of rotatable bonds is 6. The Balaban J connectivity index is 1.37. The van der Waals surface area contributed by atoms with Crippen LogP contribution in [-0.4, -0.2) is 0 Å². The van der Waals surface area contributed by atoms with Crippen molar-refractivity contribution in [3.05, 3.63) is 186 Å². The van der Waals surface area contributed by atoms with Gasteiger partial charge in [0.2, 0.25) is 0 Å². The van der Waals surface area contributed by atoms with Gasteiger partial charge in [0.1, 0.15) is 0 Å². The van der Waals surface area contributed by atoms with E-state index in [1.165, 1.54) is 61.2 Å². The van der Waals surface area contributed by atoms with Crippen molar-refractivity contribution < 1.29 is 0 Å². The van der Waals surface area contributed by atoms with Gasteiger partial charge < -0.3 is 9.80 Å². The molecule has 0 radical (unpaired) electrons. The Morgan fingerprint density at radius 3 is 1.63 bits per heavy atom. The molecule has 1 unspecified atom stereocenters. The molecule has 0 spiro atoms. The first kappa shape index (κ1) is 27.9. The van der Waals surface area contributed by atoms with Crippen LogP contribution in [0.4, 0.5) is 28.4 Å². The van der Waals surface area contributed by atoms with Crippen LogP contribution in [0.3, 0.4) is 0 Å². The van der Waals surface area contributed by atoms with Crippen molar-refractivity contribution in [3.63, 3.8) is 0 Å². The lowest BCUT2D eigenvalue weighted by Crippen LogP contribution is -2.28. The number of fused-ring (bicyclic) bond motifs is 5. The molecule has 0 heterocycles. The van der Waals surface area contributed by atoms with Gasteiger partial charge in [0, 0.05) is 28.1 Å². The van der Waals surface area contributed by atoms with E-state index in [2.05, 4.69) is 187 Å². The van der Waals surface area contributed by atoms with E-state index in [4.69, 9.17) is 0 Å². The van der Waals surface area contributed by atoms with E-state index in [0.717, 1.165) is 17.8 Å². The van der Waals surface area contributed by atoms with Gasteiger partial charge in [-0.15, -0.1) is 0 Å². The fraction of sp³-hybridized carbons (Fsp3) is 0.0909. The molecule has 0 bridgehead atoms. The first-order valence-electron chi connectivity index (χ1n) is 16.1. The zero-order chi connectivity index (χ0) is 31.0. The van der Waals surface area contributed by atoms with Crippen LogP contribution in [0.25, 0.3) is 21.9 Å². The minimum Gasteiger partial charge on any atom is -0.334 e. The van der Waals surface area contributed by atoms with Crippen LogP contribution in [0.1, 0.15) is 28.3 Å². The van der Waals surface area contributed by atoms with E-state index < -0.39 is 0 Å². The molecule has 0 aliphatic heterocycles. The van der Waals surface area contributed by atoms with Gasteiger partial charge in [0.05, 0.1) is 11.7 Å². The fourth-order valence-electron chi connectivity index (χ4n) is 7.13. The van der Waals surface area contributed by atoms with Crippen molar-refractivity contribution >= 4 is 39.2 Å². The van der Waals surface area contributed by atoms with Crippen molar-refractivity contribution in [3.8, 4) is 11.1 Å². The van der Waals surface area contributed by atoms with E-state index in [-0.39, 0.29) is 6.04 Å². The minimum absolute atomic E-state index is 0.130. The molecule has 0 fully saturated rings. The highest BCUT2D eigenvalue weighted by molar-refractivity contribution is 6.05. The van der Waals surface area contributed by atoms with Gasteiger partial charge in [-0.1, -0.05) is 120 Å². The second-order valence-corrected chi connectivity index (χ2v) is 12.3. The molecule has 2 nitrogen and oxygen atoms in total. The SMILES string of the molecule is Cc1ccc(N(c2ccccc2)c2cc3c(c4ccccc24)CC(N(c2ccccc2)c2ccc(C)cc2)c2ccccc2-3)cc1. The molecule has 2 heteroatoms. The summed E-state index contributed by atoms with van der Waals surface area (Å²) in [6.07, 6.45) is 0.895. The van der Waals surface area contributed by atoms with Crippen LogP contribution in [0, 0.1) is 13.8 Å². The maximum atomic E-state index is 2.53. The third-order valence-electron chi connectivity index (χ3n) is 9.35. The van der Waals surface area contributed by atoms with Gasteiger partial charge in [0.15, 0.2) is 0 Å². The fourth-order valence-corrected chi connectivity index (χ4v) is 7.13. The number of benzene rings is 7. The zero-order valence-electron chi connectivity index (χ0n) is 26.3. The van der Waals surface area contributed by atoms with Crippen LogP contribution in [0.2, 0.25) is 0 Å². The van der Waals surface area contributed by atoms with Crippen LogP contribution < -0.4 is 9.80 Å². The molecule has 0 saturated carbocycles. The maximum absolute atomic E-state index is 2.53. The summed E-state index contributed by atoms with van der Waals surface area (Å²) in [6.45, 7) is 4.30. The summed E-state index contributed by atoms with van der Waals surface area (Å²) >= 11 is 0. The molecule has 0 amide bonds. The maximum Gasteiger partial charge on any atom is 0.0638 e. The summed E-state index contributed by atoms with van der Waals surface area (Å²) in [5, 5.41) is 2.56. The topological polar surface area (TPSA) is 6.48 Å². The zero-order valence-corrected chi connectivity index (χ0v) is 26.3. The Morgan fingerprint density at radius 1 is 0.457 bits per heavy atom. The van der Waals surface area contributed by atoms with E-state index in [9.17, 15) is 0 Å². The van der Waals surface area contributed by atoms with E-state index >= 15 is 0 Å². The number of para-hydroxylation sites is 2. The standard InChI is InChI=1S/C44H36N2/c1-31-21-25-35(26-22-31)45(33-13-5-3-6-14-33)43-29-41-38-18-10-12-20-40(38)44(30-42(41)37-17-9-11-19-39(37)43)46(34-15-7-4-8-16-34)36-27-23-32(2)24-28-36/h3-29,44H,30H2,1-2H3. The molecular formula is C44H36N2. The first-order chi connectivity index (χ1) is 22.7. The summed E-state index contributed by atoms with van der Waals surface area (Å²) in [7, 11) is 0. The first-order valence-corrected chi connectivity index (χ1v) is 16.1. The summed E-state index contributed by atoms with van der Waals surface area (Å²) in [5.41, 5.74) is 13.8. The quantitative estimate of drug-likeness (QED) is 0.189. The third kappa shape index (κ3) is 4.93. The van der Waals surface area contributed by atoms with Crippen molar-refractivity contribution in [2.45, 2.75) is 26.3 Å². The molecule has 7 aromatic rings. The molecule has 46 heavy (non-hydrogen) atoms. The second kappa shape index (κ2) is 11.7. The molecular weight excluding hydrogens is 556 g/mol. The number of hydrogen-bond acceptors (Lipinski definition) is 2. The van der Waals surface area contributed by atoms with Crippen LogP contribution in [0.15, 0.2) is 164 Å². The number of hydrogen-bond donors (Lipinski definition) is 0. The molecule has 8 rings (SSSR count). The van der Waals surface area contributed by atoms with Gasteiger partial charge >= 0.3 is 0 Å². The highest BCUT2D eigenvalue weighted by atomic mass is 15.2. The number of aryl methyl sites for hydroxylation is 2. The van der Waals surface area contributed by atoms with Gasteiger partial charge in [-0.05, 0) is 103 Å². The molecule has 1 aliphatic rings. The van der Waals surface area contributed by atoms with Crippen LogP contribution in [0.5, 0.6) is 0 Å². The van der Waals surface area contributed by atoms with E-state index in [0.29, 0.717) is 0 Å².